The smallest absolute Gasteiger partial charge is 0.408 e. The fraction of sp³-hybridized carbons (Fsp3) is 0.448. The molecule has 1 saturated carbocycles. The number of methoxy groups -OCH3 is 2. The van der Waals surface area contributed by atoms with Crippen molar-refractivity contribution in [2.75, 3.05) is 23.8 Å². The topological polar surface area (TPSA) is 121 Å². The molecule has 1 amide bonds. The van der Waals surface area contributed by atoms with Gasteiger partial charge in [-0.1, -0.05) is 24.4 Å². The molecule has 10 nitrogen and oxygen atoms in total. The van der Waals surface area contributed by atoms with Crippen molar-refractivity contribution < 1.29 is 32.2 Å². The number of thiazole rings is 1. The summed E-state index contributed by atoms with van der Waals surface area (Å²) in [7, 11) is -1.53. The highest BCUT2D eigenvalue weighted by Gasteiger charge is 2.39. The SMILES string of the molecule is COc1ccc(CN(c2nccs2)S(=O)(=O)c2cc(Cl)c(N[C@H]3CCCC[C@@H]3N(C(=O)O)C(C)(C)C)cc2F)c(OC)c1. The Kier molecular flexibility index (Phi) is 9.97. The number of sulfonamides is 1. The molecule has 14 heteroatoms. The number of nitrogens with zero attached hydrogens (tertiary/aromatic N) is 3. The normalized spacial score (nSPS) is 17.3. The number of ether oxygens (including phenoxy) is 2. The van der Waals surface area contributed by atoms with E-state index in [4.69, 9.17) is 21.1 Å². The molecule has 0 unspecified atom stereocenters. The van der Waals surface area contributed by atoms with Gasteiger partial charge in [0.05, 0.1) is 37.5 Å². The summed E-state index contributed by atoms with van der Waals surface area (Å²) in [5, 5.41) is 15.0. The maximum Gasteiger partial charge on any atom is 0.408 e. The van der Waals surface area contributed by atoms with E-state index < -0.39 is 32.4 Å². The number of anilines is 2. The molecule has 0 aliphatic heterocycles. The molecule has 1 heterocycles. The summed E-state index contributed by atoms with van der Waals surface area (Å²) in [5.41, 5.74) is 0.0380. The number of hydrogen-bond donors (Lipinski definition) is 2. The standard InChI is InChI=1S/C29H36ClFN4O6S2/c1-29(2,3)35(28(36)37)24-9-7-6-8-22(24)33-23-16-21(31)26(15-20(23)30)43(38,39)34(27-32-12-13-42-27)17-18-10-11-19(40-4)14-25(18)41-5/h10-16,22,24,33H,6-9,17H2,1-5H3,(H,36,37)/t22-,24-/m0/s1. The number of hydrogen-bond acceptors (Lipinski definition) is 8. The van der Waals surface area contributed by atoms with Crippen LogP contribution in [0.1, 0.15) is 52.0 Å². The molecule has 1 aliphatic carbocycles. The van der Waals surface area contributed by atoms with E-state index in [1.54, 1.807) is 23.6 Å². The fourth-order valence-corrected chi connectivity index (χ4v) is 8.03. The second-order valence-corrected chi connectivity index (χ2v) is 14.3. The number of benzene rings is 2. The van der Waals surface area contributed by atoms with Gasteiger partial charge in [0, 0.05) is 34.8 Å². The number of carbonyl (C=O) groups is 1. The number of amides is 1. The van der Waals surface area contributed by atoms with E-state index in [1.165, 1.54) is 25.3 Å². The largest absolute Gasteiger partial charge is 0.497 e. The lowest BCUT2D eigenvalue weighted by molar-refractivity contribution is 0.0520. The summed E-state index contributed by atoms with van der Waals surface area (Å²) in [6.45, 7) is 5.29. The molecule has 2 N–H and O–H groups in total. The number of halogens is 2. The van der Waals surface area contributed by atoms with Gasteiger partial charge in [-0.3, -0.25) is 4.90 Å². The van der Waals surface area contributed by atoms with Crippen molar-refractivity contribution in [1.82, 2.24) is 9.88 Å². The quantitative estimate of drug-likeness (QED) is 0.244. The average Bonchev–Trinajstić information content (AvgIpc) is 3.48. The van der Waals surface area contributed by atoms with Gasteiger partial charge in [-0.15, -0.1) is 11.3 Å². The van der Waals surface area contributed by atoms with Gasteiger partial charge in [-0.2, -0.15) is 0 Å². The van der Waals surface area contributed by atoms with Crippen molar-refractivity contribution in [3.8, 4) is 11.5 Å². The Labute approximate surface area is 260 Å². The van der Waals surface area contributed by atoms with Crippen LogP contribution in [0.2, 0.25) is 5.02 Å². The van der Waals surface area contributed by atoms with Crippen molar-refractivity contribution in [2.45, 2.75) is 75.5 Å². The van der Waals surface area contributed by atoms with Crippen LogP contribution in [0, 0.1) is 5.82 Å². The third-order valence-corrected chi connectivity index (χ3v) is 10.3. The van der Waals surface area contributed by atoms with E-state index in [1.807, 2.05) is 20.8 Å². The summed E-state index contributed by atoms with van der Waals surface area (Å²) >= 11 is 7.67. The van der Waals surface area contributed by atoms with Crippen LogP contribution in [-0.2, 0) is 16.6 Å². The minimum absolute atomic E-state index is 0.0111. The predicted octanol–water partition coefficient (Wildman–Crippen LogP) is 6.85. The van der Waals surface area contributed by atoms with E-state index >= 15 is 4.39 Å². The molecule has 0 saturated heterocycles. The lowest BCUT2D eigenvalue weighted by atomic mass is 9.86. The Morgan fingerprint density at radius 1 is 1.19 bits per heavy atom. The third-order valence-electron chi connectivity index (χ3n) is 7.36. The van der Waals surface area contributed by atoms with Crippen LogP contribution in [0.4, 0.5) is 20.0 Å². The van der Waals surface area contributed by atoms with Crippen molar-refractivity contribution in [1.29, 1.82) is 0 Å². The maximum atomic E-state index is 15.8. The van der Waals surface area contributed by atoms with Gasteiger partial charge < -0.3 is 19.9 Å². The van der Waals surface area contributed by atoms with Crippen LogP contribution in [0.5, 0.6) is 11.5 Å². The molecule has 1 aromatic heterocycles. The van der Waals surface area contributed by atoms with Crippen LogP contribution >= 0.6 is 22.9 Å². The molecule has 0 spiro atoms. The van der Waals surface area contributed by atoms with Gasteiger partial charge in [-0.25, -0.2) is 26.9 Å². The first-order valence-electron chi connectivity index (χ1n) is 13.7. The number of aromatic nitrogens is 1. The second kappa shape index (κ2) is 13.1. The van der Waals surface area contributed by atoms with E-state index in [0.29, 0.717) is 29.9 Å². The van der Waals surface area contributed by atoms with Crippen LogP contribution in [0.25, 0.3) is 0 Å². The number of rotatable bonds is 10. The molecule has 43 heavy (non-hydrogen) atoms. The Bertz CT molecular complexity index is 1550. The molecule has 1 fully saturated rings. The van der Waals surface area contributed by atoms with Crippen LogP contribution < -0.4 is 19.1 Å². The predicted molar refractivity (Wildman–Crippen MR) is 166 cm³/mol. The van der Waals surface area contributed by atoms with Gasteiger partial charge in [0.25, 0.3) is 10.0 Å². The molecule has 0 bridgehead atoms. The van der Waals surface area contributed by atoms with Crippen molar-refractivity contribution in [3.63, 3.8) is 0 Å². The van der Waals surface area contributed by atoms with Crippen LogP contribution in [0.3, 0.4) is 0 Å². The highest BCUT2D eigenvalue weighted by Crippen LogP contribution is 2.37. The molecule has 0 radical (unpaired) electrons. The van der Waals surface area contributed by atoms with Gasteiger partial charge in [0.2, 0.25) is 0 Å². The Morgan fingerprint density at radius 3 is 2.51 bits per heavy atom. The molecule has 2 aromatic carbocycles. The fourth-order valence-electron chi connectivity index (χ4n) is 5.40. The van der Waals surface area contributed by atoms with Gasteiger partial charge in [0.1, 0.15) is 22.2 Å². The minimum atomic E-state index is -4.50. The third kappa shape index (κ3) is 7.10. The maximum absolute atomic E-state index is 15.8. The number of carboxylic acid groups (broad SMARTS) is 1. The van der Waals surface area contributed by atoms with E-state index in [0.717, 1.165) is 40.6 Å². The van der Waals surface area contributed by atoms with Gasteiger partial charge >= 0.3 is 6.09 Å². The zero-order valence-corrected chi connectivity index (χ0v) is 27.0. The first-order chi connectivity index (χ1) is 20.3. The Morgan fingerprint density at radius 2 is 1.91 bits per heavy atom. The summed E-state index contributed by atoms with van der Waals surface area (Å²) in [4.78, 5) is 17.2. The van der Waals surface area contributed by atoms with Gasteiger partial charge in [0.15, 0.2) is 5.13 Å². The zero-order chi connectivity index (χ0) is 31.5. The van der Waals surface area contributed by atoms with Crippen molar-refractivity contribution >= 4 is 49.9 Å². The van der Waals surface area contributed by atoms with E-state index in [2.05, 4.69) is 10.3 Å². The van der Waals surface area contributed by atoms with Crippen molar-refractivity contribution in [2.24, 2.45) is 0 Å². The average molecular weight is 655 g/mol. The monoisotopic (exact) mass is 654 g/mol. The number of nitrogens with one attached hydrogen (secondary N) is 1. The summed E-state index contributed by atoms with van der Waals surface area (Å²) in [5.74, 6) is -0.0883. The molecular weight excluding hydrogens is 619 g/mol. The highest BCUT2D eigenvalue weighted by atomic mass is 35.5. The van der Waals surface area contributed by atoms with E-state index in [9.17, 15) is 18.3 Å². The summed E-state index contributed by atoms with van der Waals surface area (Å²) < 4.78 is 55.5. The second-order valence-electron chi connectivity index (χ2n) is 11.2. The summed E-state index contributed by atoms with van der Waals surface area (Å²) in [6, 6.07) is 6.37. The van der Waals surface area contributed by atoms with Crippen LogP contribution in [0.15, 0.2) is 46.8 Å². The van der Waals surface area contributed by atoms with Crippen LogP contribution in [-0.4, -0.2) is 61.3 Å². The molecule has 3 aromatic rings. The Hall–Kier alpha value is -3.29. The molecular formula is C29H36ClFN4O6S2. The molecule has 234 valence electrons. The molecule has 4 rings (SSSR count). The highest BCUT2D eigenvalue weighted by molar-refractivity contribution is 7.93. The first kappa shape index (κ1) is 32.6. The Balaban J connectivity index is 1.69. The van der Waals surface area contributed by atoms with Crippen molar-refractivity contribution in [3.05, 3.63) is 58.3 Å². The lowest BCUT2D eigenvalue weighted by Crippen LogP contribution is -2.58. The summed E-state index contributed by atoms with van der Waals surface area (Å²) in [6.07, 6.45) is 3.41. The molecule has 1 aliphatic rings. The lowest BCUT2D eigenvalue weighted by Gasteiger charge is -2.45. The zero-order valence-electron chi connectivity index (χ0n) is 24.6. The molecule has 2 atom stereocenters. The van der Waals surface area contributed by atoms with Gasteiger partial charge in [-0.05, 0) is 57.9 Å². The van der Waals surface area contributed by atoms with E-state index in [-0.39, 0.29) is 34.5 Å². The minimum Gasteiger partial charge on any atom is -0.497 e. The first-order valence-corrected chi connectivity index (χ1v) is 16.4.